The summed E-state index contributed by atoms with van der Waals surface area (Å²) in [5.74, 6) is -0.252. The Morgan fingerprint density at radius 1 is 1.30 bits per heavy atom. The number of hydrogen-bond donors (Lipinski definition) is 0. The molecule has 0 bridgehead atoms. The summed E-state index contributed by atoms with van der Waals surface area (Å²) in [5.41, 5.74) is 1.69. The molecule has 1 aliphatic rings. The molecule has 0 saturated heterocycles. The molecule has 2 unspecified atom stereocenters. The van der Waals surface area contributed by atoms with E-state index in [-0.39, 0.29) is 23.2 Å². The largest absolute Gasteiger partial charge is 0.469 e. The second-order valence-electron chi connectivity index (χ2n) is 5.87. The fourth-order valence-electron chi connectivity index (χ4n) is 2.77. The zero-order chi connectivity index (χ0) is 14.8. The smallest absolute Gasteiger partial charge is 0.309 e. The van der Waals surface area contributed by atoms with Crippen molar-refractivity contribution in [2.75, 3.05) is 7.11 Å². The monoisotopic (exact) mass is 272 g/mol. The van der Waals surface area contributed by atoms with Gasteiger partial charge in [0.1, 0.15) is 6.29 Å². The Kier molecular flexibility index (Phi) is 4.07. The van der Waals surface area contributed by atoms with Crippen LogP contribution in [0.25, 0.3) is 0 Å². The fourth-order valence-corrected chi connectivity index (χ4v) is 2.77. The molecule has 0 N–H and O–H groups in total. The molecule has 1 aliphatic carbocycles. The van der Waals surface area contributed by atoms with Crippen molar-refractivity contribution in [3.8, 4) is 0 Å². The zero-order valence-electron chi connectivity index (χ0n) is 12.1. The number of esters is 1. The number of carbonyl (C=O) groups excluding carboxylic acids is 2. The molecule has 20 heavy (non-hydrogen) atoms. The lowest BCUT2D eigenvalue weighted by Gasteiger charge is -2.02. The Balaban J connectivity index is 2.13. The van der Waals surface area contributed by atoms with Crippen molar-refractivity contribution < 1.29 is 14.3 Å². The van der Waals surface area contributed by atoms with Gasteiger partial charge in [-0.05, 0) is 22.5 Å². The van der Waals surface area contributed by atoms with Gasteiger partial charge in [-0.2, -0.15) is 0 Å². The van der Waals surface area contributed by atoms with Gasteiger partial charge in [-0.15, -0.1) is 0 Å². The minimum atomic E-state index is -0.193. The molecule has 0 aromatic heterocycles. The Morgan fingerprint density at radius 3 is 2.50 bits per heavy atom. The molecule has 0 radical (unpaired) electrons. The predicted molar refractivity (Wildman–Crippen MR) is 77.1 cm³/mol. The number of allylic oxidation sites excluding steroid dienone is 2. The minimum absolute atomic E-state index is 0.0823. The van der Waals surface area contributed by atoms with E-state index in [4.69, 9.17) is 4.74 Å². The number of ether oxygens (including phenoxy) is 1. The number of benzene rings is 1. The third kappa shape index (κ3) is 2.82. The Morgan fingerprint density at radius 2 is 1.95 bits per heavy atom. The number of carbonyl (C=O) groups is 2. The van der Waals surface area contributed by atoms with E-state index in [2.05, 4.69) is 0 Å². The van der Waals surface area contributed by atoms with Crippen LogP contribution in [-0.4, -0.2) is 19.4 Å². The molecular formula is C17H20O3. The van der Waals surface area contributed by atoms with E-state index in [9.17, 15) is 9.59 Å². The van der Waals surface area contributed by atoms with E-state index in [0.29, 0.717) is 6.42 Å². The van der Waals surface area contributed by atoms with Crippen LogP contribution in [0, 0.1) is 17.3 Å². The normalized spacial score (nSPS) is 24.1. The third-order valence-corrected chi connectivity index (χ3v) is 4.16. The first-order valence-electron chi connectivity index (χ1n) is 6.78. The topological polar surface area (TPSA) is 43.4 Å². The lowest BCUT2D eigenvalue weighted by molar-refractivity contribution is -0.143. The van der Waals surface area contributed by atoms with Crippen LogP contribution in [0.5, 0.6) is 0 Å². The number of methoxy groups -OCH3 is 1. The first-order valence-corrected chi connectivity index (χ1v) is 6.78. The molecule has 1 saturated carbocycles. The van der Waals surface area contributed by atoms with Crippen LogP contribution in [0.4, 0.5) is 0 Å². The van der Waals surface area contributed by atoms with Gasteiger partial charge in [-0.1, -0.05) is 50.3 Å². The summed E-state index contributed by atoms with van der Waals surface area (Å²) in [6, 6.07) is 9.84. The molecule has 3 heteroatoms. The molecule has 0 amide bonds. The molecule has 3 nitrogen and oxygen atoms in total. The van der Waals surface area contributed by atoms with E-state index in [1.807, 2.05) is 50.3 Å². The van der Waals surface area contributed by atoms with Crippen LogP contribution in [0.15, 0.2) is 42.0 Å². The maximum Gasteiger partial charge on any atom is 0.309 e. The van der Waals surface area contributed by atoms with Gasteiger partial charge in [0.2, 0.25) is 0 Å². The van der Waals surface area contributed by atoms with Gasteiger partial charge in [0, 0.05) is 6.42 Å². The average molecular weight is 272 g/mol. The van der Waals surface area contributed by atoms with Gasteiger partial charge >= 0.3 is 5.97 Å². The van der Waals surface area contributed by atoms with E-state index in [1.54, 1.807) is 0 Å². The summed E-state index contributed by atoms with van der Waals surface area (Å²) in [7, 11) is 1.40. The predicted octanol–water partition coefficient (Wildman–Crippen LogP) is 2.80. The second kappa shape index (κ2) is 5.61. The Hall–Kier alpha value is -1.90. The first-order chi connectivity index (χ1) is 9.50. The van der Waals surface area contributed by atoms with Crippen LogP contribution < -0.4 is 0 Å². The molecule has 2 atom stereocenters. The summed E-state index contributed by atoms with van der Waals surface area (Å²) in [5, 5.41) is 0. The molecule has 0 heterocycles. The lowest BCUT2D eigenvalue weighted by Crippen LogP contribution is -2.07. The van der Waals surface area contributed by atoms with Crippen LogP contribution >= 0.6 is 0 Å². The van der Waals surface area contributed by atoms with Crippen molar-refractivity contribution in [1.29, 1.82) is 0 Å². The second-order valence-corrected chi connectivity index (χ2v) is 5.87. The first kappa shape index (κ1) is 14.5. The minimum Gasteiger partial charge on any atom is -0.469 e. The van der Waals surface area contributed by atoms with Crippen molar-refractivity contribution in [1.82, 2.24) is 0 Å². The van der Waals surface area contributed by atoms with Gasteiger partial charge < -0.3 is 4.74 Å². The highest BCUT2D eigenvalue weighted by molar-refractivity contribution is 5.80. The van der Waals surface area contributed by atoms with E-state index >= 15 is 0 Å². The van der Waals surface area contributed by atoms with Gasteiger partial charge in [0.15, 0.2) is 0 Å². The van der Waals surface area contributed by atoms with Crippen molar-refractivity contribution in [2.24, 2.45) is 17.3 Å². The van der Waals surface area contributed by atoms with Crippen molar-refractivity contribution in [3.05, 3.63) is 47.5 Å². The van der Waals surface area contributed by atoms with Crippen molar-refractivity contribution in [2.45, 2.75) is 20.3 Å². The maximum absolute atomic E-state index is 11.7. The van der Waals surface area contributed by atoms with Crippen LogP contribution in [-0.2, 0) is 20.7 Å². The van der Waals surface area contributed by atoms with Gasteiger partial charge in [-0.3, -0.25) is 9.59 Å². The molecule has 0 spiro atoms. The lowest BCUT2D eigenvalue weighted by atomic mass is 10.0. The summed E-state index contributed by atoms with van der Waals surface area (Å²) >= 11 is 0. The van der Waals surface area contributed by atoms with Gasteiger partial charge in [-0.25, -0.2) is 0 Å². The molecule has 1 aromatic carbocycles. The van der Waals surface area contributed by atoms with Crippen molar-refractivity contribution in [3.63, 3.8) is 0 Å². The average Bonchev–Trinajstić information content (AvgIpc) is 2.99. The summed E-state index contributed by atoms with van der Waals surface area (Å²) in [6.45, 7) is 4.06. The number of hydrogen-bond acceptors (Lipinski definition) is 3. The van der Waals surface area contributed by atoms with E-state index in [1.165, 1.54) is 7.11 Å². The third-order valence-electron chi connectivity index (χ3n) is 4.16. The SMILES string of the molecule is COC(=O)C1C(C=C(C=O)Cc2ccccc2)C1(C)C. The fraction of sp³-hybridized carbons (Fsp3) is 0.412. The van der Waals surface area contributed by atoms with Crippen LogP contribution in [0.2, 0.25) is 0 Å². The van der Waals surface area contributed by atoms with Crippen LogP contribution in [0.1, 0.15) is 19.4 Å². The Labute approximate surface area is 119 Å². The van der Waals surface area contributed by atoms with Crippen molar-refractivity contribution >= 4 is 12.3 Å². The number of aldehydes is 1. The molecular weight excluding hydrogens is 252 g/mol. The Bertz CT molecular complexity index is 528. The van der Waals surface area contributed by atoms with E-state index in [0.717, 1.165) is 17.4 Å². The number of rotatable bonds is 5. The quantitative estimate of drug-likeness (QED) is 0.470. The summed E-state index contributed by atoms with van der Waals surface area (Å²) < 4.78 is 4.82. The molecule has 1 fully saturated rings. The van der Waals surface area contributed by atoms with Gasteiger partial charge in [0.05, 0.1) is 13.0 Å². The summed E-state index contributed by atoms with van der Waals surface area (Å²) in [4.78, 5) is 22.9. The highest BCUT2D eigenvalue weighted by Crippen LogP contribution is 2.59. The molecule has 2 rings (SSSR count). The molecule has 1 aromatic rings. The van der Waals surface area contributed by atoms with E-state index < -0.39 is 0 Å². The highest BCUT2D eigenvalue weighted by atomic mass is 16.5. The highest BCUT2D eigenvalue weighted by Gasteiger charge is 2.61. The zero-order valence-corrected chi connectivity index (χ0v) is 12.1. The standard InChI is InChI=1S/C17H20O3/c1-17(2)14(15(17)16(19)20-3)10-13(11-18)9-12-7-5-4-6-8-12/h4-8,10-11,14-15H,9H2,1-3H3. The molecule has 106 valence electrons. The van der Waals surface area contributed by atoms with Crippen LogP contribution in [0.3, 0.4) is 0 Å². The maximum atomic E-state index is 11.7. The summed E-state index contributed by atoms with van der Waals surface area (Å²) in [6.07, 6.45) is 3.42. The molecule has 0 aliphatic heterocycles. The van der Waals surface area contributed by atoms with Gasteiger partial charge in [0.25, 0.3) is 0 Å².